The molecule has 0 spiro atoms. The van der Waals surface area contributed by atoms with Gasteiger partial charge in [-0.3, -0.25) is 4.98 Å². The van der Waals surface area contributed by atoms with Crippen molar-refractivity contribution < 1.29 is 0 Å². The van der Waals surface area contributed by atoms with Crippen LogP contribution in [0, 0.1) is 0 Å². The fourth-order valence-electron chi connectivity index (χ4n) is 2.28. The van der Waals surface area contributed by atoms with E-state index >= 15 is 0 Å². The summed E-state index contributed by atoms with van der Waals surface area (Å²) in [6.45, 7) is 7.46. The summed E-state index contributed by atoms with van der Waals surface area (Å²) in [5, 5.41) is 3.55. The number of hydrogen-bond acceptors (Lipinski definition) is 4. The van der Waals surface area contributed by atoms with Gasteiger partial charge in [-0.05, 0) is 39.0 Å². The van der Waals surface area contributed by atoms with Crippen LogP contribution in [0.25, 0.3) is 0 Å². The quantitative estimate of drug-likeness (QED) is 0.917. The number of anilines is 1. The topological polar surface area (TPSA) is 28.2 Å². The zero-order chi connectivity index (χ0) is 13.9. The lowest BCUT2D eigenvalue weighted by Crippen LogP contribution is -2.37. The van der Waals surface area contributed by atoms with Gasteiger partial charge in [0.05, 0.1) is 0 Å². The number of aromatic nitrogens is 1. The van der Waals surface area contributed by atoms with Gasteiger partial charge in [-0.15, -0.1) is 0 Å². The van der Waals surface area contributed by atoms with Crippen molar-refractivity contribution in [2.24, 2.45) is 0 Å². The van der Waals surface area contributed by atoms with Crippen molar-refractivity contribution in [3.63, 3.8) is 0 Å². The largest absolute Gasteiger partial charge is 0.370 e. The van der Waals surface area contributed by atoms with E-state index in [2.05, 4.69) is 60.8 Å². The van der Waals surface area contributed by atoms with Gasteiger partial charge in [0.1, 0.15) is 0 Å². The normalized spacial score (nSPS) is 19.7. The molecule has 1 N–H and O–H groups in total. The molecule has 2 heterocycles. The molecule has 0 saturated carbocycles. The summed E-state index contributed by atoms with van der Waals surface area (Å²) >= 11 is 2.06. The molecule has 0 amide bonds. The number of thioether (sulfide) groups is 1. The fraction of sp³-hybridized carbons (Fsp3) is 0.667. The summed E-state index contributed by atoms with van der Waals surface area (Å²) < 4.78 is 0. The molecule has 2 rings (SSSR count). The number of pyridine rings is 1. The first kappa shape index (κ1) is 14.7. The first-order chi connectivity index (χ1) is 8.97. The highest BCUT2D eigenvalue weighted by Crippen LogP contribution is 2.27. The molecule has 1 aliphatic rings. The molecule has 1 atom stereocenters. The molecule has 0 aromatic carbocycles. The average Bonchev–Trinajstić information content (AvgIpc) is 2.89. The molecule has 1 fully saturated rings. The van der Waals surface area contributed by atoms with E-state index in [0.717, 1.165) is 6.54 Å². The maximum atomic E-state index is 4.28. The lowest BCUT2D eigenvalue weighted by atomic mass is 10.1. The summed E-state index contributed by atoms with van der Waals surface area (Å²) in [6.07, 6.45) is 5.18. The zero-order valence-corrected chi connectivity index (χ0v) is 13.3. The van der Waals surface area contributed by atoms with Crippen LogP contribution in [0.5, 0.6) is 0 Å². The SMILES string of the molecule is CN(c1ccncc1CNC(C)(C)C)C1CCSC1. The van der Waals surface area contributed by atoms with Crippen molar-refractivity contribution in [1.82, 2.24) is 10.3 Å². The van der Waals surface area contributed by atoms with Crippen molar-refractivity contribution in [2.75, 3.05) is 23.5 Å². The van der Waals surface area contributed by atoms with Crippen molar-refractivity contribution in [1.29, 1.82) is 0 Å². The van der Waals surface area contributed by atoms with Crippen LogP contribution in [-0.2, 0) is 6.54 Å². The maximum absolute atomic E-state index is 4.28. The maximum Gasteiger partial charge on any atom is 0.0443 e. The zero-order valence-electron chi connectivity index (χ0n) is 12.4. The predicted molar refractivity (Wildman–Crippen MR) is 85.0 cm³/mol. The Hall–Kier alpha value is -0.740. The van der Waals surface area contributed by atoms with Crippen LogP contribution < -0.4 is 10.2 Å². The first-order valence-corrected chi connectivity index (χ1v) is 8.11. The van der Waals surface area contributed by atoms with E-state index in [0.29, 0.717) is 6.04 Å². The molecular formula is C15H25N3S. The van der Waals surface area contributed by atoms with Crippen LogP contribution in [0.15, 0.2) is 18.5 Å². The van der Waals surface area contributed by atoms with E-state index < -0.39 is 0 Å². The lowest BCUT2D eigenvalue weighted by Gasteiger charge is -2.29. The minimum atomic E-state index is 0.134. The van der Waals surface area contributed by atoms with Gasteiger partial charge >= 0.3 is 0 Å². The number of nitrogens with one attached hydrogen (secondary N) is 1. The third-order valence-electron chi connectivity index (χ3n) is 3.52. The van der Waals surface area contributed by atoms with Crippen LogP contribution in [0.2, 0.25) is 0 Å². The van der Waals surface area contributed by atoms with Crippen LogP contribution in [0.3, 0.4) is 0 Å². The second-order valence-corrected chi connectivity index (χ2v) is 7.39. The highest BCUT2D eigenvalue weighted by atomic mass is 32.2. The molecule has 3 nitrogen and oxygen atoms in total. The average molecular weight is 279 g/mol. The minimum absolute atomic E-state index is 0.134. The Bertz CT molecular complexity index is 408. The second kappa shape index (κ2) is 6.14. The third-order valence-corrected chi connectivity index (χ3v) is 4.67. The minimum Gasteiger partial charge on any atom is -0.370 e. The van der Waals surface area contributed by atoms with Crippen molar-refractivity contribution in [2.45, 2.75) is 45.3 Å². The Labute approximate surface area is 121 Å². The van der Waals surface area contributed by atoms with E-state index in [4.69, 9.17) is 0 Å². The molecule has 19 heavy (non-hydrogen) atoms. The number of nitrogens with zero attached hydrogens (tertiary/aromatic N) is 2. The monoisotopic (exact) mass is 279 g/mol. The Morgan fingerprint density at radius 2 is 2.26 bits per heavy atom. The number of hydrogen-bond donors (Lipinski definition) is 1. The Morgan fingerprint density at radius 1 is 1.47 bits per heavy atom. The second-order valence-electron chi connectivity index (χ2n) is 6.24. The summed E-state index contributed by atoms with van der Waals surface area (Å²) in [5.41, 5.74) is 2.74. The highest BCUT2D eigenvalue weighted by molar-refractivity contribution is 7.99. The van der Waals surface area contributed by atoms with Gasteiger partial charge in [0.25, 0.3) is 0 Å². The standard InChI is InChI=1S/C15H25N3S/c1-15(2,3)17-10-12-9-16-7-5-14(12)18(4)13-6-8-19-11-13/h5,7,9,13,17H,6,8,10-11H2,1-4H3. The highest BCUT2D eigenvalue weighted by Gasteiger charge is 2.22. The predicted octanol–water partition coefficient (Wildman–Crippen LogP) is 2.91. The van der Waals surface area contributed by atoms with Gasteiger partial charge in [-0.1, -0.05) is 0 Å². The van der Waals surface area contributed by atoms with Crippen LogP contribution in [0.4, 0.5) is 5.69 Å². The van der Waals surface area contributed by atoms with Crippen molar-refractivity contribution in [3.05, 3.63) is 24.0 Å². The molecule has 0 radical (unpaired) electrons. The fourth-order valence-corrected chi connectivity index (χ4v) is 3.55. The molecule has 1 saturated heterocycles. The van der Waals surface area contributed by atoms with E-state index in [-0.39, 0.29) is 5.54 Å². The van der Waals surface area contributed by atoms with E-state index in [1.165, 1.54) is 29.2 Å². The van der Waals surface area contributed by atoms with Gasteiger partial charge in [-0.2, -0.15) is 11.8 Å². The van der Waals surface area contributed by atoms with Gasteiger partial charge in [0.15, 0.2) is 0 Å². The van der Waals surface area contributed by atoms with Crippen LogP contribution in [-0.4, -0.2) is 35.1 Å². The van der Waals surface area contributed by atoms with Gasteiger partial charge in [-0.25, -0.2) is 0 Å². The molecule has 0 bridgehead atoms. The van der Waals surface area contributed by atoms with Crippen LogP contribution >= 0.6 is 11.8 Å². The summed E-state index contributed by atoms with van der Waals surface area (Å²) in [4.78, 5) is 6.72. The smallest absolute Gasteiger partial charge is 0.0443 e. The Morgan fingerprint density at radius 3 is 2.89 bits per heavy atom. The van der Waals surface area contributed by atoms with Gasteiger partial charge < -0.3 is 10.2 Å². The Kier molecular flexibility index (Phi) is 4.74. The molecule has 1 aromatic heterocycles. The summed E-state index contributed by atoms with van der Waals surface area (Å²) in [7, 11) is 2.21. The molecule has 4 heteroatoms. The van der Waals surface area contributed by atoms with E-state index in [1.807, 2.05) is 12.4 Å². The summed E-state index contributed by atoms with van der Waals surface area (Å²) in [6, 6.07) is 2.81. The van der Waals surface area contributed by atoms with Crippen molar-refractivity contribution >= 4 is 17.4 Å². The Balaban J connectivity index is 2.11. The summed E-state index contributed by atoms with van der Waals surface area (Å²) in [5.74, 6) is 2.53. The van der Waals surface area contributed by atoms with Gasteiger partial charge in [0, 0.05) is 54.6 Å². The molecule has 1 aromatic rings. The molecule has 0 aliphatic carbocycles. The van der Waals surface area contributed by atoms with Crippen LogP contribution in [0.1, 0.15) is 32.8 Å². The first-order valence-electron chi connectivity index (χ1n) is 6.96. The molecule has 1 aliphatic heterocycles. The number of rotatable bonds is 4. The molecule has 106 valence electrons. The lowest BCUT2D eigenvalue weighted by molar-refractivity contribution is 0.424. The van der Waals surface area contributed by atoms with Crippen molar-refractivity contribution in [3.8, 4) is 0 Å². The molecule has 1 unspecified atom stereocenters. The van der Waals surface area contributed by atoms with E-state index in [1.54, 1.807) is 0 Å². The van der Waals surface area contributed by atoms with E-state index in [9.17, 15) is 0 Å². The van der Waals surface area contributed by atoms with Gasteiger partial charge in [0.2, 0.25) is 0 Å². The third kappa shape index (κ3) is 4.11. The molecular weight excluding hydrogens is 254 g/mol.